The molecule has 0 bridgehead atoms. The Morgan fingerprint density at radius 3 is 2.90 bits per heavy atom. The zero-order valence-corrected chi connectivity index (χ0v) is 13.0. The highest BCUT2D eigenvalue weighted by molar-refractivity contribution is 6.30. The fourth-order valence-corrected chi connectivity index (χ4v) is 2.14. The predicted octanol–water partition coefficient (Wildman–Crippen LogP) is 3.54. The molecule has 0 saturated carbocycles. The Bertz CT molecular complexity index is 627. The largest absolute Gasteiger partial charge is 0.446 e. The van der Waals surface area contributed by atoms with E-state index < -0.39 is 0 Å². The zero-order chi connectivity index (χ0) is 15.4. The third kappa shape index (κ3) is 3.76. The number of urea groups is 1. The molecule has 21 heavy (non-hydrogen) atoms. The molecule has 0 spiro atoms. The van der Waals surface area contributed by atoms with Gasteiger partial charge in [0.2, 0.25) is 0 Å². The first-order valence-electron chi connectivity index (χ1n) is 6.64. The Labute approximate surface area is 128 Å². The second kappa shape index (κ2) is 6.63. The highest BCUT2D eigenvalue weighted by Gasteiger charge is 2.18. The Kier molecular flexibility index (Phi) is 4.85. The number of carbonyl (C=O) groups is 1. The number of oxazole rings is 1. The van der Waals surface area contributed by atoms with E-state index in [-0.39, 0.29) is 12.1 Å². The van der Waals surface area contributed by atoms with Crippen LogP contribution in [-0.4, -0.2) is 23.0 Å². The average Bonchev–Trinajstić information content (AvgIpc) is 2.88. The summed E-state index contributed by atoms with van der Waals surface area (Å²) >= 11 is 5.98. The first-order valence-corrected chi connectivity index (χ1v) is 7.02. The van der Waals surface area contributed by atoms with Gasteiger partial charge in [0.1, 0.15) is 5.76 Å². The molecule has 0 aliphatic carbocycles. The average molecular weight is 308 g/mol. The van der Waals surface area contributed by atoms with Crippen molar-refractivity contribution in [2.75, 3.05) is 7.05 Å². The van der Waals surface area contributed by atoms with E-state index in [0.29, 0.717) is 17.3 Å². The molecule has 0 aliphatic rings. The maximum Gasteiger partial charge on any atom is 0.318 e. The van der Waals surface area contributed by atoms with Crippen LogP contribution in [0.3, 0.4) is 0 Å². The molecule has 1 atom stereocenters. The molecule has 2 amide bonds. The monoisotopic (exact) mass is 307 g/mol. The van der Waals surface area contributed by atoms with Gasteiger partial charge in [0.15, 0.2) is 6.39 Å². The van der Waals surface area contributed by atoms with Gasteiger partial charge in [-0.1, -0.05) is 23.7 Å². The number of carbonyl (C=O) groups excluding carboxylic acids is 1. The summed E-state index contributed by atoms with van der Waals surface area (Å²) in [5.74, 6) is 0.659. The van der Waals surface area contributed by atoms with Crippen LogP contribution >= 0.6 is 11.6 Å². The molecule has 0 aliphatic heterocycles. The number of aromatic nitrogens is 1. The minimum atomic E-state index is -0.182. The van der Waals surface area contributed by atoms with Crippen LogP contribution in [0.15, 0.2) is 35.1 Å². The third-order valence-corrected chi connectivity index (χ3v) is 3.71. The number of halogens is 1. The van der Waals surface area contributed by atoms with Gasteiger partial charge in [0.05, 0.1) is 18.3 Å². The Hall–Kier alpha value is -2.01. The van der Waals surface area contributed by atoms with Crippen molar-refractivity contribution < 1.29 is 9.21 Å². The number of nitrogens with one attached hydrogen (secondary N) is 1. The van der Waals surface area contributed by atoms with Crippen molar-refractivity contribution in [3.63, 3.8) is 0 Å². The lowest BCUT2D eigenvalue weighted by atomic mass is 10.1. The van der Waals surface area contributed by atoms with Gasteiger partial charge < -0.3 is 14.6 Å². The van der Waals surface area contributed by atoms with Gasteiger partial charge in [-0.25, -0.2) is 9.78 Å². The molecule has 0 radical (unpaired) electrons. The molecule has 1 aromatic carbocycles. The van der Waals surface area contributed by atoms with Crippen LogP contribution < -0.4 is 5.32 Å². The first kappa shape index (κ1) is 15.4. The smallest absolute Gasteiger partial charge is 0.318 e. The SMILES string of the molecule is Cc1ncoc1CNC(=O)N(C)C(C)c1cccc(Cl)c1. The summed E-state index contributed by atoms with van der Waals surface area (Å²) in [6.07, 6.45) is 1.37. The first-order chi connectivity index (χ1) is 9.99. The van der Waals surface area contributed by atoms with Gasteiger partial charge in [-0.05, 0) is 31.5 Å². The second-order valence-electron chi connectivity index (χ2n) is 4.86. The van der Waals surface area contributed by atoms with Crippen LogP contribution in [0.2, 0.25) is 5.02 Å². The summed E-state index contributed by atoms with van der Waals surface area (Å²) in [5.41, 5.74) is 1.76. The Morgan fingerprint density at radius 2 is 2.29 bits per heavy atom. The highest BCUT2D eigenvalue weighted by atomic mass is 35.5. The zero-order valence-electron chi connectivity index (χ0n) is 12.3. The van der Waals surface area contributed by atoms with E-state index in [0.717, 1.165) is 11.3 Å². The highest BCUT2D eigenvalue weighted by Crippen LogP contribution is 2.21. The van der Waals surface area contributed by atoms with Gasteiger partial charge in [0, 0.05) is 12.1 Å². The molecule has 2 rings (SSSR count). The maximum atomic E-state index is 12.2. The van der Waals surface area contributed by atoms with Crippen LogP contribution in [0.4, 0.5) is 4.79 Å². The second-order valence-corrected chi connectivity index (χ2v) is 5.30. The lowest BCUT2D eigenvalue weighted by Gasteiger charge is -2.25. The molecule has 112 valence electrons. The van der Waals surface area contributed by atoms with Gasteiger partial charge in [-0.3, -0.25) is 0 Å². The van der Waals surface area contributed by atoms with Crippen molar-refractivity contribution in [3.05, 3.63) is 52.7 Å². The lowest BCUT2D eigenvalue weighted by molar-refractivity contribution is 0.193. The summed E-state index contributed by atoms with van der Waals surface area (Å²) in [5, 5.41) is 3.47. The van der Waals surface area contributed by atoms with Crippen LogP contribution in [0.25, 0.3) is 0 Å². The predicted molar refractivity (Wildman–Crippen MR) is 81.1 cm³/mol. The van der Waals surface area contributed by atoms with Gasteiger partial charge >= 0.3 is 6.03 Å². The Balaban J connectivity index is 1.97. The minimum Gasteiger partial charge on any atom is -0.446 e. The molecule has 1 unspecified atom stereocenters. The van der Waals surface area contributed by atoms with E-state index in [4.69, 9.17) is 16.0 Å². The standard InChI is InChI=1S/C15H18ClN3O2/c1-10-14(21-9-18-10)8-17-15(20)19(3)11(2)12-5-4-6-13(16)7-12/h4-7,9,11H,8H2,1-3H3,(H,17,20). The number of nitrogens with zero attached hydrogens (tertiary/aromatic N) is 2. The molecular weight excluding hydrogens is 290 g/mol. The molecule has 5 nitrogen and oxygen atoms in total. The van der Waals surface area contributed by atoms with E-state index >= 15 is 0 Å². The molecule has 2 aromatic rings. The summed E-state index contributed by atoms with van der Waals surface area (Å²) in [7, 11) is 1.74. The molecule has 6 heteroatoms. The van der Waals surface area contributed by atoms with E-state index in [1.165, 1.54) is 6.39 Å². The number of rotatable bonds is 4. The molecular formula is C15H18ClN3O2. The van der Waals surface area contributed by atoms with Gasteiger partial charge in [-0.2, -0.15) is 0 Å². The quantitative estimate of drug-likeness (QED) is 0.940. The van der Waals surface area contributed by atoms with Crippen molar-refractivity contribution >= 4 is 17.6 Å². The number of hydrogen-bond donors (Lipinski definition) is 1. The number of benzene rings is 1. The topological polar surface area (TPSA) is 58.4 Å². The van der Waals surface area contributed by atoms with E-state index in [1.807, 2.05) is 38.1 Å². The number of aryl methyl sites for hydroxylation is 1. The third-order valence-electron chi connectivity index (χ3n) is 3.48. The van der Waals surface area contributed by atoms with Crippen molar-refractivity contribution in [2.45, 2.75) is 26.4 Å². The number of amides is 2. The molecule has 1 N–H and O–H groups in total. The van der Waals surface area contributed by atoms with Crippen molar-refractivity contribution in [1.82, 2.24) is 15.2 Å². The summed E-state index contributed by atoms with van der Waals surface area (Å²) in [6.45, 7) is 4.10. The fraction of sp³-hybridized carbons (Fsp3) is 0.333. The minimum absolute atomic E-state index is 0.0838. The van der Waals surface area contributed by atoms with Gasteiger partial charge in [0.25, 0.3) is 0 Å². The van der Waals surface area contributed by atoms with Crippen LogP contribution in [0.5, 0.6) is 0 Å². The molecule has 1 heterocycles. The normalized spacial score (nSPS) is 12.0. The van der Waals surface area contributed by atoms with Crippen LogP contribution in [-0.2, 0) is 6.54 Å². The molecule has 0 fully saturated rings. The maximum absolute atomic E-state index is 12.2. The lowest BCUT2D eigenvalue weighted by Crippen LogP contribution is -2.38. The fourth-order valence-electron chi connectivity index (χ4n) is 1.94. The van der Waals surface area contributed by atoms with Gasteiger partial charge in [-0.15, -0.1) is 0 Å². The summed E-state index contributed by atoms with van der Waals surface area (Å²) < 4.78 is 5.19. The number of hydrogen-bond acceptors (Lipinski definition) is 3. The van der Waals surface area contributed by atoms with E-state index in [2.05, 4.69) is 10.3 Å². The van der Waals surface area contributed by atoms with Crippen molar-refractivity contribution in [1.29, 1.82) is 0 Å². The summed E-state index contributed by atoms with van der Waals surface area (Å²) in [4.78, 5) is 17.8. The van der Waals surface area contributed by atoms with E-state index in [1.54, 1.807) is 11.9 Å². The Morgan fingerprint density at radius 1 is 1.52 bits per heavy atom. The van der Waals surface area contributed by atoms with E-state index in [9.17, 15) is 4.79 Å². The van der Waals surface area contributed by atoms with Crippen molar-refractivity contribution in [3.8, 4) is 0 Å². The van der Waals surface area contributed by atoms with Crippen LogP contribution in [0, 0.1) is 6.92 Å². The van der Waals surface area contributed by atoms with Crippen LogP contribution in [0.1, 0.15) is 30.0 Å². The molecule has 0 saturated heterocycles. The van der Waals surface area contributed by atoms with Crippen molar-refractivity contribution in [2.24, 2.45) is 0 Å². The summed E-state index contributed by atoms with van der Waals surface area (Å²) in [6, 6.07) is 7.22. The molecule has 1 aromatic heterocycles.